The molecule has 3 rings (SSSR count). The molecule has 0 radical (unpaired) electrons. The Morgan fingerprint density at radius 2 is 1.96 bits per heavy atom. The average molecular weight is 310 g/mol. The molecule has 0 spiro atoms. The first kappa shape index (κ1) is 15.4. The van der Waals surface area contributed by atoms with Gasteiger partial charge in [0.25, 0.3) is 5.56 Å². The van der Waals surface area contributed by atoms with Crippen molar-refractivity contribution in [3.8, 4) is 5.75 Å². The topological polar surface area (TPSA) is 34.5 Å². The van der Waals surface area contributed by atoms with Crippen molar-refractivity contribution in [1.29, 1.82) is 0 Å². The Hall–Kier alpha value is -2.49. The lowest BCUT2D eigenvalue weighted by molar-refractivity contribution is 0.414. The smallest absolute Gasteiger partial charge is 0.253 e. The minimum atomic E-state index is 0.0689. The maximum Gasteiger partial charge on any atom is 0.253 e. The van der Waals surface area contributed by atoms with E-state index in [0.717, 1.165) is 36.5 Å². The maximum atomic E-state index is 11.8. The molecule has 0 unspecified atom stereocenters. The Labute approximate surface area is 136 Å². The van der Waals surface area contributed by atoms with Gasteiger partial charge >= 0.3 is 0 Å². The molecule has 2 heterocycles. The molecule has 4 nitrogen and oxygen atoms in total. The molecule has 1 aliphatic rings. The predicted octanol–water partition coefficient (Wildman–Crippen LogP) is 2.69. The van der Waals surface area contributed by atoms with E-state index in [2.05, 4.69) is 23.1 Å². The lowest BCUT2D eigenvalue weighted by Crippen LogP contribution is -2.25. The lowest BCUT2D eigenvalue weighted by atomic mass is 10.1. The number of hydrogen-bond donors (Lipinski definition) is 0. The normalized spacial score (nSPS) is 14.0. The van der Waals surface area contributed by atoms with Crippen molar-refractivity contribution in [2.75, 3.05) is 25.1 Å². The maximum absolute atomic E-state index is 11.8. The van der Waals surface area contributed by atoms with Crippen molar-refractivity contribution >= 4 is 5.69 Å². The molecule has 0 saturated heterocycles. The zero-order chi connectivity index (χ0) is 16.4. The molecular formula is C19H22N2O2. The number of pyridine rings is 1. The predicted molar refractivity (Wildman–Crippen MR) is 93.4 cm³/mol. The van der Waals surface area contributed by atoms with E-state index in [1.165, 1.54) is 11.1 Å². The lowest BCUT2D eigenvalue weighted by Gasteiger charge is -2.20. The first-order valence-electron chi connectivity index (χ1n) is 7.80. The highest BCUT2D eigenvalue weighted by Crippen LogP contribution is 2.22. The van der Waals surface area contributed by atoms with Gasteiger partial charge in [0.05, 0.1) is 12.8 Å². The third-order valence-electron chi connectivity index (χ3n) is 4.30. The number of aryl methyl sites for hydroxylation is 2. The van der Waals surface area contributed by atoms with Crippen LogP contribution in [0.25, 0.3) is 0 Å². The van der Waals surface area contributed by atoms with Crippen molar-refractivity contribution in [2.45, 2.75) is 13.3 Å². The second-order valence-corrected chi connectivity index (χ2v) is 6.07. The van der Waals surface area contributed by atoms with E-state index in [0.29, 0.717) is 0 Å². The van der Waals surface area contributed by atoms with Crippen LogP contribution in [0.15, 0.2) is 53.0 Å². The summed E-state index contributed by atoms with van der Waals surface area (Å²) in [6.45, 7) is 3.67. The number of anilines is 1. The minimum absolute atomic E-state index is 0.0689. The second-order valence-electron chi connectivity index (χ2n) is 6.07. The number of nitrogens with zero attached hydrogens (tertiary/aromatic N) is 2. The molecule has 0 saturated carbocycles. The van der Waals surface area contributed by atoms with Crippen LogP contribution in [0.1, 0.15) is 11.1 Å². The SMILES string of the molecule is COc1ccc(CC2=CCN(c3cc(C)c(=O)n(C)c3)C2)cc1. The van der Waals surface area contributed by atoms with E-state index in [1.54, 1.807) is 18.7 Å². The number of aromatic nitrogens is 1. The molecule has 1 aromatic carbocycles. The summed E-state index contributed by atoms with van der Waals surface area (Å²) in [5.41, 5.74) is 4.65. The highest BCUT2D eigenvalue weighted by atomic mass is 16.5. The molecule has 120 valence electrons. The number of rotatable bonds is 4. The molecule has 0 atom stereocenters. The number of ether oxygens (including phenoxy) is 1. The molecule has 0 fully saturated rings. The van der Waals surface area contributed by atoms with Gasteiger partial charge in [0.15, 0.2) is 0 Å². The number of hydrogen-bond acceptors (Lipinski definition) is 3. The third-order valence-corrected chi connectivity index (χ3v) is 4.30. The van der Waals surface area contributed by atoms with Gasteiger partial charge in [-0.1, -0.05) is 18.2 Å². The summed E-state index contributed by atoms with van der Waals surface area (Å²) in [7, 11) is 3.49. The van der Waals surface area contributed by atoms with Crippen LogP contribution in [0, 0.1) is 6.92 Å². The summed E-state index contributed by atoms with van der Waals surface area (Å²) in [4.78, 5) is 14.1. The zero-order valence-corrected chi connectivity index (χ0v) is 13.9. The van der Waals surface area contributed by atoms with Gasteiger partial charge in [-0.05, 0) is 42.7 Å². The Kier molecular flexibility index (Phi) is 4.24. The van der Waals surface area contributed by atoms with Gasteiger partial charge in [0, 0.05) is 31.9 Å². The van der Waals surface area contributed by atoms with Crippen LogP contribution < -0.4 is 15.2 Å². The summed E-state index contributed by atoms with van der Waals surface area (Å²) in [5.74, 6) is 0.886. The Bertz CT molecular complexity index is 762. The standard InChI is InChI=1S/C19H22N2O2/c1-14-10-17(13-20(2)19(14)22)21-9-8-16(12-21)11-15-4-6-18(23-3)7-5-15/h4-8,10,13H,9,11-12H2,1-3H3. The van der Waals surface area contributed by atoms with Crippen LogP contribution in [0.5, 0.6) is 5.75 Å². The molecule has 0 bridgehead atoms. The van der Waals surface area contributed by atoms with Crippen molar-refractivity contribution in [2.24, 2.45) is 7.05 Å². The van der Waals surface area contributed by atoms with Crippen LogP contribution >= 0.6 is 0 Å². The fraction of sp³-hybridized carbons (Fsp3) is 0.316. The Morgan fingerprint density at radius 3 is 2.61 bits per heavy atom. The summed E-state index contributed by atoms with van der Waals surface area (Å²) in [6, 6.07) is 10.2. The molecule has 1 aliphatic heterocycles. The van der Waals surface area contributed by atoms with Gasteiger partial charge < -0.3 is 14.2 Å². The minimum Gasteiger partial charge on any atom is -0.497 e. The summed E-state index contributed by atoms with van der Waals surface area (Å²) < 4.78 is 6.85. The Balaban J connectivity index is 1.69. The van der Waals surface area contributed by atoms with Gasteiger partial charge in [-0.15, -0.1) is 0 Å². The first-order valence-corrected chi connectivity index (χ1v) is 7.80. The first-order chi connectivity index (χ1) is 11.1. The molecular weight excluding hydrogens is 288 g/mol. The number of methoxy groups -OCH3 is 1. The quantitative estimate of drug-likeness (QED) is 0.814. The Morgan fingerprint density at radius 1 is 1.22 bits per heavy atom. The van der Waals surface area contributed by atoms with E-state index in [-0.39, 0.29) is 5.56 Å². The molecule has 1 aromatic heterocycles. The second kappa shape index (κ2) is 6.32. The molecule has 0 aliphatic carbocycles. The average Bonchev–Trinajstić information content (AvgIpc) is 3.01. The fourth-order valence-corrected chi connectivity index (χ4v) is 2.97. The van der Waals surface area contributed by atoms with Gasteiger partial charge in [-0.2, -0.15) is 0 Å². The van der Waals surface area contributed by atoms with E-state index < -0.39 is 0 Å². The van der Waals surface area contributed by atoms with Crippen molar-refractivity contribution in [3.63, 3.8) is 0 Å². The highest BCUT2D eigenvalue weighted by Gasteiger charge is 2.16. The number of benzene rings is 1. The van der Waals surface area contributed by atoms with Crippen LogP contribution in [0.2, 0.25) is 0 Å². The summed E-state index contributed by atoms with van der Waals surface area (Å²) in [6.07, 6.45) is 5.15. The zero-order valence-electron chi connectivity index (χ0n) is 13.9. The van der Waals surface area contributed by atoms with Gasteiger partial charge in [0.2, 0.25) is 0 Å². The van der Waals surface area contributed by atoms with Gasteiger partial charge in [0.1, 0.15) is 5.75 Å². The van der Waals surface area contributed by atoms with Crippen molar-refractivity contribution in [1.82, 2.24) is 4.57 Å². The van der Waals surface area contributed by atoms with Crippen LogP contribution in [-0.2, 0) is 13.5 Å². The van der Waals surface area contributed by atoms with E-state index in [9.17, 15) is 4.79 Å². The van der Waals surface area contributed by atoms with Crippen LogP contribution in [0.4, 0.5) is 5.69 Å². The highest BCUT2D eigenvalue weighted by molar-refractivity contribution is 5.51. The molecule has 23 heavy (non-hydrogen) atoms. The van der Waals surface area contributed by atoms with E-state index in [1.807, 2.05) is 31.3 Å². The van der Waals surface area contributed by atoms with Crippen molar-refractivity contribution < 1.29 is 4.74 Å². The fourth-order valence-electron chi connectivity index (χ4n) is 2.97. The molecule has 4 heteroatoms. The van der Waals surface area contributed by atoms with Crippen LogP contribution in [0.3, 0.4) is 0 Å². The molecule has 2 aromatic rings. The third kappa shape index (κ3) is 3.31. The van der Waals surface area contributed by atoms with Crippen molar-refractivity contribution in [3.05, 3.63) is 69.7 Å². The van der Waals surface area contributed by atoms with E-state index in [4.69, 9.17) is 4.74 Å². The van der Waals surface area contributed by atoms with Gasteiger partial charge in [-0.3, -0.25) is 4.79 Å². The monoisotopic (exact) mass is 310 g/mol. The summed E-state index contributed by atoms with van der Waals surface area (Å²) >= 11 is 0. The van der Waals surface area contributed by atoms with Crippen LogP contribution in [-0.4, -0.2) is 24.8 Å². The van der Waals surface area contributed by atoms with Gasteiger partial charge in [-0.25, -0.2) is 0 Å². The molecule has 0 amide bonds. The molecule has 0 N–H and O–H groups in total. The summed E-state index contributed by atoms with van der Waals surface area (Å²) in [5, 5.41) is 0. The largest absolute Gasteiger partial charge is 0.497 e. The van der Waals surface area contributed by atoms with E-state index >= 15 is 0 Å².